The molecule has 1 aromatic rings. The van der Waals surface area contributed by atoms with Crippen LogP contribution in [0.3, 0.4) is 0 Å². The molecule has 0 atom stereocenters. The zero-order valence-corrected chi connectivity index (χ0v) is 13.2. The van der Waals surface area contributed by atoms with Crippen molar-refractivity contribution in [1.29, 1.82) is 0 Å². The van der Waals surface area contributed by atoms with Gasteiger partial charge in [-0.2, -0.15) is 0 Å². The van der Waals surface area contributed by atoms with Gasteiger partial charge < -0.3 is 14.8 Å². The molecule has 116 valence electrons. The third-order valence-electron chi connectivity index (χ3n) is 3.30. The number of hydrogen-bond donors (Lipinski definition) is 2. The number of methoxy groups -OCH3 is 1. The highest BCUT2D eigenvalue weighted by Crippen LogP contribution is 2.26. The molecule has 1 aliphatic rings. The lowest BCUT2D eigenvalue weighted by Gasteiger charge is -2.27. The number of anilines is 1. The Labute approximate surface area is 126 Å². The molecular formula is C16H24N2O3. The van der Waals surface area contributed by atoms with Gasteiger partial charge in [-0.3, -0.25) is 5.32 Å². The monoisotopic (exact) mass is 292 g/mol. The fourth-order valence-electron chi connectivity index (χ4n) is 2.24. The van der Waals surface area contributed by atoms with Gasteiger partial charge in [-0.05, 0) is 70.0 Å². The van der Waals surface area contributed by atoms with E-state index in [2.05, 4.69) is 10.6 Å². The summed E-state index contributed by atoms with van der Waals surface area (Å²) >= 11 is 0. The highest BCUT2D eigenvalue weighted by molar-refractivity contribution is 5.85. The van der Waals surface area contributed by atoms with Crippen molar-refractivity contribution in [3.8, 4) is 5.75 Å². The van der Waals surface area contributed by atoms with Crippen LogP contribution in [-0.2, 0) is 11.2 Å². The molecule has 0 bridgehead atoms. The maximum Gasteiger partial charge on any atom is 0.412 e. The minimum Gasteiger partial charge on any atom is -0.496 e. The van der Waals surface area contributed by atoms with Crippen LogP contribution < -0.4 is 15.4 Å². The molecule has 5 nitrogen and oxygen atoms in total. The summed E-state index contributed by atoms with van der Waals surface area (Å²) in [6, 6.07) is 5.67. The molecule has 1 fully saturated rings. The molecular weight excluding hydrogens is 268 g/mol. The molecule has 0 unspecified atom stereocenters. The van der Waals surface area contributed by atoms with Crippen LogP contribution in [0.25, 0.3) is 0 Å². The van der Waals surface area contributed by atoms with Crippen LogP contribution >= 0.6 is 0 Å². The topological polar surface area (TPSA) is 59.6 Å². The second kappa shape index (κ2) is 6.35. The summed E-state index contributed by atoms with van der Waals surface area (Å²) in [4.78, 5) is 11.8. The van der Waals surface area contributed by atoms with E-state index in [0.29, 0.717) is 5.92 Å². The average molecular weight is 292 g/mol. The summed E-state index contributed by atoms with van der Waals surface area (Å²) in [6.45, 7) is 7.60. The van der Waals surface area contributed by atoms with Crippen molar-refractivity contribution in [3.05, 3.63) is 23.8 Å². The first-order valence-corrected chi connectivity index (χ1v) is 7.25. The maximum absolute atomic E-state index is 11.8. The molecule has 1 amide bonds. The minimum absolute atomic E-state index is 0.441. The number of carbonyl (C=O) groups is 1. The van der Waals surface area contributed by atoms with Gasteiger partial charge >= 0.3 is 6.09 Å². The molecule has 1 saturated heterocycles. The molecule has 5 heteroatoms. The van der Waals surface area contributed by atoms with Gasteiger partial charge in [0.1, 0.15) is 11.4 Å². The molecule has 21 heavy (non-hydrogen) atoms. The van der Waals surface area contributed by atoms with Crippen LogP contribution in [0.4, 0.5) is 10.5 Å². The second-order valence-corrected chi connectivity index (χ2v) is 6.38. The summed E-state index contributed by atoms with van der Waals surface area (Å²) in [6.07, 6.45) is 0.504. The number of nitrogens with one attached hydrogen (secondary N) is 2. The van der Waals surface area contributed by atoms with Gasteiger partial charge in [-0.25, -0.2) is 4.79 Å². The van der Waals surface area contributed by atoms with Gasteiger partial charge in [0.05, 0.1) is 7.11 Å². The van der Waals surface area contributed by atoms with Gasteiger partial charge in [0.25, 0.3) is 0 Å². The lowest BCUT2D eigenvalue weighted by Crippen LogP contribution is -2.43. The summed E-state index contributed by atoms with van der Waals surface area (Å²) in [5.41, 5.74) is 1.33. The van der Waals surface area contributed by atoms with Crippen molar-refractivity contribution in [2.75, 3.05) is 25.5 Å². The van der Waals surface area contributed by atoms with Crippen LogP contribution in [0.1, 0.15) is 26.3 Å². The first kappa shape index (κ1) is 15.6. The largest absolute Gasteiger partial charge is 0.496 e. The summed E-state index contributed by atoms with van der Waals surface area (Å²) in [7, 11) is 1.67. The van der Waals surface area contributed by atoms with E-state index in [1.165, 1.54) is 0 Å². The van der Waals surface area contributed by atoms with Gasteiger partial charge in [0, 0.05) is 5.69 Å². The van der Waals surface area contributed by atoms with E-state index in [-0.39, 0.29) is 0 Å². The highest BCUT2D eigenvalue weighted by Gasteiger charge is 2.20. The fraction of sp³-hybridized carbons (Fsp3) is 0.562. The Morgan fingerprint density at radius 3 is 2.62 bits per heavy atom. The summed E-state index contributed by atoms with van der Waals surface area (Å²) in [5, 5.41) is 6.03. The van der Waals surface area contributed by atoms with E-state index in [4.69, 9.17) is 9.47 Å². The van der Waals surface area contributed by atoms with E-state index in [0.717, 1.165) is 36.5 Å². The van der Waals surface area contributed by atoms with Crippen LogP contribution in [0.15, 0.2) is 18.2 Å². The van der Waals surface area contributed by atoms with Crippen molar-refractivity contribution in [2.45, 2.75) is 32.8 Å². The lowest BCUT2D eigenvalue weighted by molar-refractivity contribution is 0.0636. The number of carbonyl (C=O) groups excluding carboxylic acids is 1. The van der Waals surface area contributed by atoms with E-state index < -0.39 is 11.7 Å². The number of hydrogen-bond acceptors (Lipinski definition) is 4. The third-order valence-corrected chi connectivity index (χ3v) is 3.30. The summed E-state index contributed by atoms with van der Waals surface area (Å²) in [5.74, 6) is 1.49. The molecule has 0 saturated carbocycles. The SMILES string of the molecule is COc1ccc(NC(=O)OC(C)(C)C)cc1CC1CNC1. The van der Waals surface area contributed by atoms with Crippen molar-refractivity contribution < 1.29 is 14.3 Å². The average Bonchev–Trinajstić information content (AvgIpc) is 2.31. The Kier molecular flexibility index (Phi) is 4.73. The second-order valence-electron chi connectivity index (χ2n) is 6.38. The van der Waals surface area contributed by atoms with Gasteiger partial charge in [-0.1, -0.05) is 0 Å². The molecule has 0 radical (unpaired) electrons. The van der Waals surface area contributed by atoms with Gasteiger partial charge in [-0.15, -0.1) is 0 Å². The first-order valence-electron chi connectivity index (χ1n) is 7.25. The third kappa shape index (κ3) is 4.63. The van der Waals surface area contributed by atoms with E-state index >= 15 is 0 Å². The molecule has 2 rings (SSSR count). The zero-order chi connectivity index (χ0) is 15.5. The molecule has 2 N–H and O–H groups in total. The van der Waals surface area contributed by atoms with Crippen molar-refractivity contribution in [1.82, 2.24) is 5.32 Å². The van der Waals surface area contributed by atoms with Crippen molar-refractivity contribution in [2.24, 2.45) is 5.92 Å². The Bertz CT molecular complexity index is 505. The van der Waals surface area contributed by atoms with Crippen LogP contribution in [0.2, 0.25) is 0 Å². The Morgan fingerprint density at radius 2 is 2.10 bits per heavy atom. The van der Waals surface area contributed by atoms with Crippen LogP contribution in [-0.4, -0.2) is 31.9 Å². The lowest BCUT2D eigenvalue weighted by atomic mass is 9.93. The molecule has 1 aromatic carbocycles. The Hall–Kier alpha value is -1.75. The smallest absolute Gasteiger partial charge is 0.412 e. The number of amides is 1. The van der Waals surface area contributed by atoms with Gasteiger partial charge in [0.15, 0.2) is 0 Å². The molecule has 1 aliphatic heterocycles. The summed E-state index contributed by atoms with van der Waals surface area (Å²) < 4.78 is 10.7. The first-order chi connectivity index (χ1) is 9.87. The van der Waals surface area contributed by atoms with Gasteiger partial charge in [0.2, 0.25) is 0 Å². The van der Waals surface area contributed by atoms with E-state index in [1.807, 2.05) is 39.0 Å². The van der Waals surface area contributed by atoms with E-state index in [9.17, 15) is 4.79 Å². The normalized spacial score (nSPS) is 15.2. The van der Waals surface area contributed by atoms with Crippen LogP contribution in [0.5, 0.6) is 5.75 Å². The predicted octanol–water partition coefficient (Wildman–Crippen LogP) is 2.80. The number of benzene rings is 1. The molecule has 0 aliphatic carbocycles. The maximum atomic E-state index is 11.8. The van der Waals surface area contributed by atoms with Crippen molar-refractivity contribution >= 4 is 11.8 Å². The molecule has 0 aromatic heterocycles. The quantitative estimate of drug-likeness (QED) is 0.896. The number of ether oxygens (including phenoxy) is 2. The van der Waals surface area contributed by atoms with Crippen molar-refractivity contribution in [3.63, 3.8) is 0 Å². The molecule has 1 heterocycles. The number of rotatable bonds is 4. The highest BCUT2D eigenvalue weighted by atomic mass is 16.6. The Morgan fingerprint density at radius 1 is 1.38 bits per heavy atom. The van der Waals surface area contributed by atoms with E-state index in [1.54, 1.807) is 7.11 Å². The Balaban J connectivity index is 2.05. The minimum atomic E-state index is -0.503. The predicted molar refractivity (Wildman–Crippen MR) is 82.9 cm³/mol. The fourth-order valence-corrected chi connectivity index (χ4v) is 2.24. The van der Waals surface area contributed by atoms with Crippen LogP contribution in [0, 0.1) is 5.92 Å². The zero-order valence-electron chi connectivity index (χ0n) is 13.2. The molecule has 0 spiro atoms. The standard InChI is InChI=1S/C16H24N2O3/c1-16(2,3)21-15(19)18-13-5-6-14(20-4)12(8-13)7-11-9-17-10-11/h5-6,8,11,17H,7,9-10H2,1-4H3,(H,18,19).